The van der Waals surface area contributed by atoms with Gasteiger partial charge in [0.2, 0.25) is 0 Å². The molecule has 220 valence electrons. The molecule has 0 aromatic heterocycles. The number of halogens is 11. The van der Waals surface area contributed by atoms with E-state index in [2.05, 4.69) is 0 Å². The number of hydrogen-bond acceptors (Lipinski definition) is 2. The van der Waals surface area contributed by atoms with Crippen LogP contribution in [0.2, 0.25) is 5.02 Å². The first-order valence-corrected chi connectivity index (χ1v) is 12.0. The van der Waals surface area contributed by atoms with E-state index < -0.39 is 83.7 Å². The van der Waals surface area contributed by atoms with Crippen molar-refractivity contribution in [3.8, 4) is 0 Å². The van der Waals surface area contributed by atoms with Crippen LogP contribution in [-0.2, 0) is 11.0 Å². The van der Waals surface area contributed by atoms with Gasteiger partial charge in [-0.05, 0) is 48.6 Å². The molecule has 2 rings (SSSR count). The Kier molecular flexibility index (Phi) is 10.3. The number of benzene rings is 2. The van der Waals surface area contributed by atoms with E-state index in [9.17, 15) is 49.1 Å². The number of carbonyl (C=O) groups excluding carboxylic acids is 2. The van der Waals surface area contributed by atoms with E-state index in [0.29, 0.717) is 12.1 Å². The van der Waals surface area contributed by atoms with Crippen LogP contribution in [0, 0.1) is 19.8 Å². The van der Waals surface area contributed by atoms with E-state index >= 15 is 4.39 Å². The number of hydrogen-bond donors (Lipinski definition) is 0. The van der Waals surface area contributed by atoms with Gasteiger partial charge in [-0.15, -0.1) is 0 Å². The van der Waals surface area contributed by atoms with E-state index in [1.807, 2.05) is 0 Å². The van der Waals surface area contributed by atoms with Gasteiger partial charge >= 0.3 is 18.5 Å². The number of rotatable bonds is 9. The molecular weight excluding hydrogens is 582 g/mol. The minimum absolute atomic E-state index is 0.118. The molecule has 0 N–H and O–H groups in total. The SMILES string of the molecule is Cc1cc(C(/C=C(\F)c2ccc(C(=O)C[C@H](C)CC(=O)CC(F)(F)F)c(C(F)(F)F)c2)C(F)(F)F)cc(C)c1Cl. The smallest absolute Gasteiger partial charge is 0.299 e. The number of aryl methyl sites for hydroxylation is 2. The van der Waals surface area contributed by atoms with Crippen LogP contribution in [0.1, 0.15) is 70.3 Å². The Bertz CT molecular complexity index is 1270. The first-order valence-electron chi connectivity index (χ1n) is 11.6. The third-order valence-electron chi connectivity index (χ3n) is 5.89. The molecule has 0 aliphatic heterocycles. The van der Waals surface area contributed by atoms with Crippen LogP contribution in [0.5, 0.6) is 0 Å². The third-order valence-corrected chi connectivity index (χ3v) is 6.49. The van der Waals surface area contributed by atoms with E-state index in [1.165, 1.54) is 20.8 Å². The largest absolute Gasteiger partial charge is 0.417 e. The molecule has 0 spiro atoms. The fourth-order valence-corrected chi connectivity index (χ4v) is 4.24. The average molecular weight is 605 g/mol. The van der Waals surface area contributed by atoms with Crippen molar-refractivity contribution in [2.75, 3.05) is 0 Å². The van der Waals surface area contributed by atoms with Crippen LogP contribution in [0.25, 0.3) is 5.83 Å². The second kappa shape index (κ2) is 12.3. The van der Waals surface area contributed by atoms with Gasteiger partial charge in [0, 0.05) is 29.0 Å². The molecule has 0 bridgehead atoms. The maximum Gasteiger partial charge on any atom is 0.417 e. The van der Waals surface area contributed by atoms with Crippen molar-refractivity contribution < 1.29 is 53.5 Å². The van der Waals surface area contributed by atoms with Gasteiger partial charge in [-0.1, -0.05) is 42.8 Å². The molecule has 2 atom stereocenters. The molecule has 0 saturated carbocycles. The first kappa shape index (κ1) is 33.3. The predicted octanol–water partition coefficient (Wildman–Crippen LogP) is 9.75. The first-order chi connectivity index (χ1) is 18.1. The van der Waals surface area contributed by atoms with E-state index in [0.717, 1.165) is 12.1 Å². The molecule has 0 radical (unpaired) electrons. The number of carbonyl (C=O) groups is 2. The highest BCUT2D eigenvalue weighted by Gasteiger charge is 2.41. The highest BCUT2D eigenvalue weighted by atomic mass is 35.5. The molecule has 2 aromatic carbocycles. The summed E-state index contributed by atoms with van der Waals surface area (Å²) in [7, 11) is 0. The summed E-state index contributed by atoms with van der Waals surface area (Å²) in [4.78, 5) is 24.1. The van der Waals surface area contributed by atoms with Gasteiger partial charge in [0.15, 0.2) is 5.78 Å². The van der Waals surface area contributed by atoms with E-state index in [1.54, 1.807) is 0 Å². The molecule has 0 aliphatic rings. The number of ketones is 2. The Morgan fingerprint density at radius 2 is 1.45 bits per heavy atom. The molecule has 1 unspecified atom stereocenters. The highest BCUT2D eigenvalue weighted by Crippen LogP contribution is 2.41. The third kappa shape index (κ3) is 9.07. The van der Waals surface area contributed by atoms with Gasteiger partial charge < -0.3 is 0 Å². The lowest BCUT2D eigenvalue weighted by atomic mass is 9.90. The topological polar surface area (TPSA) is 34.1 Å². The fraction of sp³-hybridized carbons (Fsp3) is 0.407. The summed E-state index contributed by atoms with van der Waals surface area (Å²) >= 11 is 5.99. The van der Waals surface area contributed by atoms with Crippen molar-refractivity contribution in [3.63, 3.8) is 0 Å². The predicted molar refractivity (Wildman–Crippen MR) is 129 cm³/mol. The van der Waals surface area contributed by atoms with E-state index in [-0.39, 0.29) is 33.9 Å². The van der Waals surface area contributed by atoms with Gasteiger partial charge in [-0.3, -0.25) is 9.59 Å². The van der Waals surface area contributed by atoms with Gasteiger partial charge in [-0.25, -0.2) is 4.39 Å². The summed E-state index contributed by atoms with van der Waals surface area (Å²) in [5.74, 6) is -7.65. The number of Topliss-reactive ketones (excluding diaryl/α,β-unsaturated/α-hetero) is 2. The fourth-order valence-electron chi connectivity index (χ4n) is 4.13. The van der Waals surface area contributed by atoms with Gasteiger partial charge in [0.1, 0.15) is 23.9 Å². The second-order valence-corrected chi connectivity index (χ2v) is 9.91. The number of alkyl halides is 9. The summed E-state index contributed by atoms with van der Waals surface area (Å²) < 4.78 is 135. The molecule has 0 fully saturated rings. The normalized spacial score (nSPS) is 14.7. The zero-order valence-corrected chi connectivity index (χ0v) is 22.0. The van der Waals surface area contributed by atoms with Crippen molar-refractivity contribution >= 4 is 29.0 Å². The van der Waals surface area contributed by atoms with Crippen molar-refractivity contribution in [1.29, 1.82) is 0 Å². The lowest BCUT2D eigenvalue weighted by Gasteiger charge is -2.20. The molecule has 2 nitrogen and oxygen atoms in total. The second-order valence-electron chi connectivity index (χ2n) is 9.53. The molecular formula is C27H23ClF10O2. The molecule has 0 heterocycles. The molecule has 0 saturated heterocycles. The Hall–Kier alpha value is -2.89. The summed E-state index contributed by atoms with van der Waals surface area (Å²) in [5.41, 5.74) is -3.33. The Balaban J connectivity index is 2.44. The van der Waals surface area contributed by atoms with Crippen molar-refractivity contribution in [3.05, 3.63) is 74.8 Å². The van der Waals surface area contributed by atoms with Crippen LogP contribution >= 0.6 is 11.6 Å². The summed E-state index contributed by atoms with van der Waals surface area (Å²) in [6.07, 6.45) is -18.1. The van der Waals surface area contributed by atoms with Crippen LogP contribution in [0.3, 0.4) is 0 Å². The van der Waals surface area contributed by atoms with Crippen molar-refractivity contribution in [2.24, 2.45) is 5.92 Å². The Labute approximate surface area is 228 Å². The zero-order chi connectivity index (χ0) is 30.8. The van der Waals surface area contributed by atoms with Crippen LogP contribution < -0.4 is 0 Å². The van der Waals surface area contributed by atoms with Crippen molar-refractivity contribution in [1.82, 2.24) is 0 Å². The minimum Gasteiger partial charge on any atom is -0.299 e. The minimum atomic E-state index is -5.23. The monoisotopic (exact) mass is 604 g/mol. The van der Waals surface area contributed by atoms with Crippen LogP contribution in [0.4, 0.5) is 43.9 Å². The maximum atomic E-state index is 15.0. The molecule has 2 aromatic rings. The Morgan fingerprint density at radius 1 is 0.900 bits per heavy atom. The van der Waals surface area contributed by atoms with Gasteiger partial charge in [0.25, 0.3) is 0 Å². The van der Waals surface area contributed by atoms with Gasteiger partial charge in [-0.2, -0.15) is 39.5 Å². The van der Waals surface area contributed by atoms with Crippen LogP contribution in [0.15, 0.2) is 36.4 Å². The maximum absolute atomic E-state index is 15.0. The molecule has 0 amide bonds. The lowest BCUT2D eigenvalue weighted by molar-refractivity contribution is -0.152. The molecule has 13 heteroatoms. The highest BCUT2D eigenvalue weighted by molar-refractivity contribution is 6.32. The average Bonchev–Trinajstić information content (AvgIpc) is 2.77. The molecule has 40 heavy (non-hydrogen) atoms. The Morgan fingerprint density at radius 3 is 1.93 bits per heavy atom. The van der Waals surface area contributed by atoms with Crippen LogP contribution in [-0.4, -0.2) is 23.9 Å². The lowest BCUT2D eigenvalue weighted by Crippen LogP contribution is -2.20. The summed E-state index contributed by atoms with van der Waals surface area (Å²) in [5, 5.41) is 0.197. The standard InChI is InChI=1S/C27H23ClF10O2/c1-13(6-18(39)12-25(30,31)32)7-23(40)19-5-4-16(10-21(19)27(36,37)38)22(29)11-20(26(33,34)35)17-8-14(2)24(28)15(3)9-17/h4-5,8-11,13,20H,6-7,12H2,1-3H3/b22-11-/t13-,20?/m1/s1. The van der Waals surface area contributed by atoms with Crippen molar-refractivity contribution in [2.45, 2.75) is 64.5 Å². The van der Waals surface area contributed by atoms with E-state index in [4.69, 9.17) is 11.6 Å². The quantitative estimate of drug-likeness (QED) is 0.211. The summed E-state index contributed by atoms with van der Waals surface area (Å²) in [6.45, 7) is 4.07. The number of allylic oxidation sites excluding steroid dienone is 1. The molecule has 0 aliphatic carbocycles. The summed E-state index contributed by atoms with van der Waals surface area (Å²) in [6, 6.07) is 3.63. The zero-order valence-electron chi connectivity index (χ0n) is 21.2. The van der Waals surface area contributed by atoms with Gasteiger partial charge in [0.05, 0.1) is 5.56 Å².